The van der Waals surface area contributed by atoms with Crippen LogP contribution < -0.4 is 0 Å². The van der Waals surface area contributed by atoms with Crippen LogP contribution in [0, 0.1) is 10.1 Å². The first kappa shape index (κ1) is 13.3. The Morgan fingerprint density at radius 3 is 2.52 bits per heavy atom. The zero-order chi connectivity index (χ0) is 15.0. The standard InChI is InChI=1S/C16H13NO4/c1-2-21-16(18)10-3-5-14-11(7-10)8-12-9-13(17(19)20)4-6-15(12)14/h3-7,9H,2,8H2,1H3. The molecule has 1 aliphatic rings. The SMILES string of the molecule is CCOC(=O)c1ccc2c(c1)Cc1cc([N+](=O)[O-])ccc1-2. The summed E-state index contributed by atoms with van der Waals surface area (Å²) in [5.41, 5.74) is 4.53. The van der Waals surface area contributed by atoms with Crippen LogP contribution in [0.3, 0.4) is 0 Å². The van der Waals surface area contributed by atoms with Crippen LogP contribution in [0.2, 0.25) is 0 Å². The average molecular weight is 283 g/mol. The molecule has 2 aromatic rings. The van der Waals surface area contributed by atoms with Crippen molar-refractivity contribution in [2.75, 3.05) is 6.61 Å². The molecule has 21 heavy (non-hydrogen) atoms. The number of esters is 1. The number of nitro groups is 1. The molecule has 0 saturated carbocycles. The number of fused-ring (bicyclic) bond motifs is 3. The molecule has 1 aliphatic carbocycles. The lowest BCUT2D eigenvalue weighted by Crippen LogP contribution is -2.04. The molecule has 0 radical (unpaired) electrons. The summed E-state index contributed by atoms with van der Waals surface area (Å²) in [5, 5.41) is 10.8. The van der Waals surface area contributed by atoms with Crippen LogP contribution >= 0.6 is 0 Å². The van der Waals surface area contributed by atoms with Gasteiger partial charge in [-0.25, -0.2) is 4.79 Å². The minimum Gasteiger partial charge on any atom is -0.462 e. The van der Waals surface area contributed by atoms with E-state index in [2.05, 4.69) is 0 Å². The zero-order valence-corrected chi connectivity index (χ0v) is 11.5. The monoisotopic (exact) mass is 283 g/mol. The number of non-ortho nitro benzene ring substituents is 1. The first-order valence-corrected chi connectivity index (χ1v) is 6.68. The number of nitro benzene ring substituents is 1. The maximum absolute atomic E-state index is 11.7. The van der Waals surface area contributed by atoms with Crippen molar-refractivity contribution in [3.05, 3.63) is 63.2 Å². The minimum atomic E-state index is -0.396. The Bertz CT molecular complexity index is 752. The molecule has 0 saturated heterocycles. The van der Waals surface area contributed by atoms with Crippen molar-refractivity contribution in [2.45, 2.75) is 13.3 Å². The summed E-state index contributed by atoms with van der Waals surface area (Å²) in [6.07, 6.45) is 0.597. The van der Waals surface area contributed by atoms with Gasteiger partial charge in [-0.3, -0.25) is 10.1 Å². The van der Waals surface area contributed by atoms with Crippen LogP contribution in [0.1, 0.15) is 28.4 Å². The topological polar surface area (TPSA) is 69.4 Å². The molecule has 0 heterocycles. The van der Waals surface area contributed by atoms with Crippen molar-refractivity contribution in [3.8, 4) is 11.1 Å². The van der Waals surface area contributed by atoms with E-state index < -0.39 is 4.92 Å². The van der Waals surface area contributed by atoms with Gasteiger partial charge in [0.05, 0.1) is 17.1 Å². The fraction of sp³-hybridized carbons (Fsp3) is 0.188. The third-order valence-corrected chi connectivity index (χ3v) is 3.59. The third kappa shape index (κ3) is 2.27. The summed E-state index contributed by atoms with van der Waals surface area (Å²) >= 11 is 0. The van der Waals surface area contributed by atoms with Crippen LogP contribution in [0.5, 0.6) is 0 Å². The lowest BCUT2D eigenvalue weighted by Gasteiger charge is -2.05. The summed E-state index contributed by atoms with van der Waals surface area (Å²) in [5.74, 6) is -0.345. The summed E-state index contributed by atoms with van der Waals surface area (Å²) in [4.78, 5) is 22.2. The Labute approximate surface area is 121 Å². The van der Waals surface area contributed by atoms with Gasteiger partial charge >= 0.3 is 5.97 Å². The molecule has 0 atom stereocenters. The van der Waals surface area contributed by atoms with Crippen molar-refractivity contribution < 1.29 is 14.5 Å². The lowest BCUT2D eigenvalue weighted by molar-refractivity contribution is -0.384. The van der Waals surface area contributed by atoms with Gasteiger partial charge in [0, 0.05) is 12.1 Å². The second-order valence-corrected chi connectivity index (χ2v) is 4.87. The highest BCUT2D eigenvalue weighted by molar-refractivity contribution is 5.91. The Morgan fingerprint density at radius 2 is 1.86 bits per heavy atom. The fourth-order valence-electron chi connectivity index (χ4n) is 2.65. The third-order valence-electron chi connectivity index (χ3n) is 3.59. The number of rotatable bonds is 3. The number of hydrogen-bond acceptors (Lipinski definition) is 4. The molecule has 5 nitrogen and oxygen atoms in total. The van der Waals surface area contributed by atoms with E-state index in [0.29, 0.717) is 18.6 Å². The van der Waals surface area contributed by atoms with Crippen LogP contribution in [-0.4, -0.2) is 17.5 Å². The summed E-state index contributed by atoms with van der Waals surface area (Å²) in [6.45, 7) is 2.10. The van der Waals surface area contributed by atoms with Crippen molar-refractivity contribution >= 4 is 11.7 Å². The van der Waals surface area contributed by atoms with Crippen LogP contribution in [-0.2, 0) is 11.2 Å². The molecular formula is C16H13NO4. The largest absolute Gasteiger partial charge is 0.462 e. The predicted octanol–water partition coefficient (Wildman–Crippen LogP) is 3.34. The van der Waals surface area contributed by atoms with E-state index >= 15 is 0 Å². The summed E-state index contributed by atoms with van der Waals surface area (Å²) in [6, 6.07) is 10.3. The highest BCUT2D eigenvalue weighted by Gasteiger charge is 2.22. The second kappa shape index (κ2) is 5.01. The van der Waals surface area contributed by atoms with Gasteiger partial charge < -0.3 is 4.74 Å². The second-order valence-electron chi connectivity index (χ2n) is 4.87. The van der Waals surface area contributed by atoms with Crippen molar-refractivity contribution in [1.82, 2.24) is 0 Å². The van der Waals surface area contributed by atoms with Gasteiger partial charge in [-0.2, -0.15) is 0 Å². The Hall–Kier alpha value is -2.69. The Kier molecular flexibility index (Phi) is 3.17. The molecule has 0 spiro atoms. The molecule has 0 amide bonds. The summed E-state index contributed by atoms with van der Waals surface area (Å²) in [7, 11) is 0. The number of benzene rings is 2. The Morgan fingerprint density at radius 1 is 1.19 bits per heavy atom. The van der Waals surface area contributed by atoms with Gasteiger partial charge in [0.1, 0.15) is 0 Å². The number of carbonyl (C=O) groups excluding carboxylic acids is 1. The number of nitrogens with zero attached hydrogens (tertiary/aromatic N) is 1. The number of ether oxygens (including phenoxy) is 1. The predicted molar refractivity (Wildman–Crippen MR) is 77.3 cm³/mol. The molecule has 5 heteroatoms. The van der Waals surface area contributed by atoms with Gasteiger partial charge in [-0.05, 0) is 53.8 Å². The fourth-order valence-corrected chi connectivity index (χ4v) is 2.65. The van der Waals surface area contributed by atoms with Gasteiger partial charge in [-0.1, -0.05) is 6.07 Å². The van der Waals surface area contributed by atoms with Crippen LogP contribution in [0.4, 0.5) is 5.69 Å². The van der Waals surface area contributed by atoms with E-state index in [1.54, 1.807) is 31.2 Å². The first-order chi connectivity index (χ1) is 10.1. The lowest BCUT2D eigenvalue weighted by atomic mass is 10.0. The van der Waals surface area contributed by atoms with Crippen molar-refractivity contribution in [2.24, 2.45) is 0 Å². The van der Waals surface area contributed by atoms with E-state index in [-0.39, 0.29) is 11.7 Å². The quantitative estimate of drug-likeness (QED) is 0.420. The maximum Gasteiger partial charge on any atom is 0.338 e. The molecule has 0 unspecified atom stereocenters. The van der Waals surface area contributed by atoms with Crippen LogP contribution in [0.25, 0.3) is 11.1 Å². The average Bonchev–Trinajstić information content (AvgIpc) is 2.83. The van der Waals surface area contributed by atoms with Gasteiger partial charge in [0.15, 0.2) is 0 Å². The molecule has 0 bridgehead atoms. The number of hydrogen-bond donors (Lipinski definition) is 0. The normalized spacial score (nSPS) is 11.7. The zero-order valence-electron chi connectivity index (χ0n) is 11.5. The maximum atomic E-state index is 11.7. The number of carbonyl (C=O) groups is 1. The van der Waals surface area contributed by atoms with Gasteiger partial charge in [0.2, 0.25) is 0 Å². The van der Waals surface area contributed by atoms with E-state index in [1.807, 2.05) is 6.07 Å². The molecule has 0 aliphatic heterocycles. The highest BCUT2D eigenvalue weighted by Crippen LogP contribution is 2.38. The van der Waals surface area contributed by atoms with Crippen molar-refractivity contribution in [3.63, 3.8) is 0 Å². The Balaban J connectivity index is 1.99. The molecule has 0 N–H and O–H groups in total. The highest BCUT2D eigenvalue weighted by atomic mass is 16.6. The van der Waals surface area contributed by atoms with Gasteiger partial charge in [0.25, 0.3) is 5.69 Å². The first-order valence-electron chi connectivity index (χ1n) is 6.68. The molecule has 0 fully saturated rings. The van der Waals surface area contributed by atoms with Crippen LogP contribution in [0.15, 0.2) is 36.4 Å². The van der Waals surface area contributed by atoms with E-state index in [0.717, 1.165) is 22.3 Å². The molecule has 0 aromatic heterocycles. The molecule has 106 valence electrons. The molecule has 3 rings (SSSR count). The summed E-state index contributed by atoms with van der Waals surface area (Å²) < 4.78 is 4.99. The van der Waals surface area contributed by atoms with E-state index in [4.69, 9.17) is 4.74 Å². The van der Waals surface area contributed by atoms with E-state index in [9.17, 15) is 14.9 Å². The molecular weight excluding hydrogens is 270 g/mol. The van der Waals surface area contributed by atoms with E-state index in [1.165, 1.54) is 6.07 Å². The van der Waals surface area contributed by atoms with Crippen molar-refractivity contribution in [1.29, 1.82) is 0 Å². The molecule has 2 aromatic carbocycles. The van der Waals surface area contributed by atoms with Gasteiger partial charge in [-0.15, -0.1) is 0 Å². The smallest absolute Gasteiger partial charge is 0.338 e. The minimum absolute atomic E-state index is 0.0900.